The van der Waals surface area contributed by atoms with Crippen molar-refractivity contribution >= 4 is 27.6 Å². The number of ether oxygens (including phenoxy) is 2. The van der Waals surface area contributed by atoms with Crippen molar-refractivity contribution in [3.63, 3.8) is 0 Å². The molecule has 390 valence electrons. The predicted molar refractivity (Wildman–Crippen MR) is 253 cm³/mol. The Labute approximate surface area is 398 Å². The number of carbonyl (C=O) groups excluding carboxylic acids is 2. The molecule has 0 heterocycles. The Hall–Kier alpha value is -2.12. The van der Waals surface area contributed by atoms with Gasteiger partial charge in [0.15, 0.2) is 6.10 Å². The van der Waals surface area contributed by atoms with Crippen molar-refractivity contribution in [2.24, 2.45) is 0 Å². The molecule has 0 amide bonds. The highest BCUT2D eigenvalue weighted by Gasteiger charge is 2.54. The first-order valence-corrected chi connectivity index (χ1v) is 27.4. The largest absolute Gasteiger partial charge is 0.472 e. The lowest BCUT2D eigenvalue weighted by molar-refractivity contribution is -0.216. The van der Waals surface area contributed by atoms with E-state index in [9.17, 15) is 64.0 Å². The van der Waals surface area contributed by atoms with E-state index in [4.69, 9.17) is 18.5 Å². The van der Waals surface area contributed by atoms with Crippen LogP contribution in [0.5, 0.6) is 0 Å². The predicted octanol–water partition coefficient (Wildman–Crippen LogP) is 7.23. The summed E-state index contributed by atoms with van der Waals surface area (Å²) in [6, 6.07) is 0. The molecule has 0 aromatic rings. The van der Waals surface area contributed by atoms with Crippen LogP contribution in [0.2, 0.25) is 0 Å². The SMILES string of the molecule is CCCCC/C=C\C/C=C\C/C=C\CC(O)C(O)CCCC(=O)O[C@H](COC(=O)CCCCCCC/C=C\CCCCCCCC)COP(=O)(O)O[C@H]1C(O)C(O)C(O)[C@@H](OP(=O)(O)O)C1O. The van der Waals surface area contributed by atoms with Gasteiger partial charge in [-0.1, -0.05) is 127 Å². The number of unbranched alkanes of at least 4 members (excludes halogenated alkanes) is 14. The second-order valence-electron chi connectivity index (χ2n) is 17.1. The smallest absolute Gasteiger partial charge is 0.462 e. The molecule has 0 radical (unpaired) electrons. The molecule has 20 heteroatoms. The van der Waals surface area contributed by atoms with E-state index >= 15 is 0 Å². The Morgan fingerprint density at radius 3 is 1.61 bits per heavy atom. The number of carbonyl (C=O) groups is 2. The molecular formula is C47H84O18P2. The summed E-state index contributed by atoms with van der Waals surface area (Å²) in [7, 11) is -10.8. The average Bonchev–Trinajstić information content (AvgIpc) is 3.28. The maximum Gasteiger partial charge on any atom is 0.472 e. The van der Waals surface area contributed by atoms with E-state index in [-0.39, 0.29) is 32.1 Å². The lowest BCUT2D eigenvalue weighted by Gasteiger charge is -2.43. The minimum atomic E-state index is -5.40. The summed E-state index contributed by atoms with van der Waals surface area (Å²) >= 11 is 0. The van der Waals surface area contributed by atoms with Crippen molar-refractivity contribution in [1.29, 1.82) is 0 Å². The topological polar surface area (TPSA) is 296 Å². The Balaban J connectivity index is 2.70. The van der Waals surface area contributed by atoms with Gasteiger partial charge in [0.1, 0.15) is 43.2 Å². The van der Waals surface area contributed by atoms with Crippen molar-refractivity contribution in [3.05, 3.63) is 48.6 Å². The third kappa shape index (κ3) is 31.7. The van der Waals surface area contributed by atoms with Crippen molar-refractivity contribution in [2.75, 3.05) is 13.2 Å². The van der Waals surface area contributed by atoms with E-state index in [1.165, 1.54) is 57.8 Å². The van der Waals surface area contributed by atoms with Gasteiger partial charge in [0.05, 0.1) is 18.8 Å². The van der Waals surface area contributed by atoms with Crippen LogP contribution in [0, 0.1) is 0 Å². The third-order valence-corrected chi connectivity index (χ3v) is 12.6. The molecule has 0 saturated heterocycles. The minimum Gasteiger partial charge on any atom is -0.462 e. The zero-order chi connectivity index (χ0) is 49.9. The van der Waals surface area contributed by atoms with Crippen LogP contribution in [0.1, 0.15) is 168 Å². The highest BCUT2D eigenvalue weighted by Crippen LogP contribution is 2.49. The summed E-state index contributed by atoms with van der Waals surface area (Å²) in [6.45, 7) is 2.82. The summed E-state index contributed by atoms with van der Waals surface area (Å²) < 4.78 is 49.2. The maximum atomic E-state index is 13.0. The zero-order valence-corrected chi connectivity index (χ0v) is 41.6. The van der Waals surface area contributed by atoms with Gasteiger partial charge in [-0.05, 0) is 77.0 Å². The van der Waals surface area contributed by atoms with E-state index in [0.29, 0.717) is 12.8 Å². The number of aliphatic hydroxyl groups excluding tert-OH is 6. The summed E-state index contributed by atoms with van der Waals surface area (Å²) in [5.74, 6) is -1.50. The Morgan fingerprint density at radius 1 is 0.537 bits per heavy atom. The van der Waals surface area contributed by atoms with Gasteiger partial charge in [0.2, 0.25) is 0 Å². The monoisotopic (exact) mass is 999 g/mol. The normalized spacial score (nSPS) is 22.7. The number of aliphatic hydroxyl groups is 6. The Morgan fingerprint density at radius 2 is 1.01 bits per heavy atom. The molecule has 1 aliphatic carbocycles. The van der Waals surface area contributed by atoms with Gasteiger partial charge in [0, 0.05) is 12.8 Å². The molecule has 0 aromatic heterocycles. The first kappa shape index (κ1) is 62.9. The van der Waals surface area contributed by atoms with Crippen molar-refractivity contribution in [1.82, 2.24) is 0 Å². The van der Waals surface area contributed by atoms with Gasteiger partial charge in [-0.3, -0.25) is 23.2 Å². The number of rotatable bonds is 40. The molecule has 18 nitrogen and oxygen atoms in total. The van der Waals surface area contributed by atoms with E-state index in [0.717, 1.165) is 51.4 Å². The second-order valence-corrected chi connectivity index (χ2v) is 19.7. The number of hydrogen-bond donors (Lipinski definition) is 9. The van der Waals surface area contributed by atoms with Gasteiger partial charge in [0.25, 0.3) is 0 Å². The standard InChI is InChI=1S/C47H84O18P2/c1-3-5-7-9-11-13-15-17-18-19-21-23-25-27-29-33-40(50)61-35-37(36-62-67(59,60)65-47-44(54)42(52)43(53)46(45(47)55)64-66(56,57)58)63-41(51)34-30-32-39(49)38(48)31-28-26-24-22-20-16-14-12-10-8-6-4-2/h12,14,17-18,20,22,26,28,37-39,42-49,52-55H,3-11,13,15-16,19,21,23-25,27,29-36H2,1-2H3,(H,59,60)(H2,56,57,58)/b14-12-,18-17-,22-20-,28-26-/t37-,38?,39?,42?,43?,44?,45?,46-,47+/m1/s1. The molecule has 1 saturated carbocycles. The van der Waals surface area contributed by atoms with Crippen LogP contribution in [-0.2, 0) is 41.8 Å². The zero-order valence-electron chi connectivity index (χ0n) is 39.8. The Kier molecular flexibility index (Phi) is 35.4. The molecule has 0 spiro atoms. The van der Waals surface area contributed by atoms with Gasteiger partial charge >= 0.3 is 27.6 Å². The minimum absolute atomic E-state index is 0.0275. The average molecular weight is 999 g/mol. The highest BCUT2D eigenvalue weighted by molar-refractivity contribution is 7.47. The summed E-state index contributed by atoms with van der Waals surface area (Å²) in [5, 5.41) is 62.1. The van der Waals surface area contributed by atoms with E-state index in [2.05, 4.69) is 48.8 Å². The first-order chi connectivity index (χ1) is 31.9. The molecule has 1 fully saturated rings. The second kappa shape index (κ2) is 37.7. The maximum absolute atomic E-state index is 13.0. The molecule has 0 aliphatic heterocycles. The summed E-state index contributed by atoms with van der Waals surface area (Å²) in [5.41, 5.74) is 0. The molecule has 9 N–H and O–H groups in total. The number of allylic oxidation sites excluding steroid dienone is 7. The van der Waals surface area contributed by atoms with Gasteiger partial charge < -0.3 is 54.8 Å². The fourth-order valence-electron chi connectivity index (χ4n) is 7.12. The molecule has 10 atom stereocenters. The fourth-order valence-corrected chi connectivity index (χ4v) is 8.66. The molecule has 0 bridgehead atoms. The van der Waals surface area contributed by atoms with Crippen LogP contribution >= 0.6 is 15.6 Å². The summed E-state index contributed by atoms with van der Waals surface area (Å²) in [6.07, 6.45) is 19.3. The van der Waals surface area contributed by atoms with Crippen LogP contribution in [0.3, 0.4) is 0 Å². The van der Waals surface area contributed by atoms with Crippen LogP contribution in [0.4, 0.5) is 0 Å². The number of esters is 2. The van der Waals surface area contributed by atoms with Gasteiger partial charge in [-0.15, -0.1) is 0 Å². The van der Waals surface area contributed by atoms with E-state index in [1.54, 1.807) is 6.08 Å². The molecular weight excluding hydrogens is 914 g/mol. The quantitative estimate of drug-likeness (QED) is 0.0127. The third-order valence-electron chi connectivity index (χ3n) is 11.1. The highest BCUT2D eigenvalue weighted by atomic mass is 31.2. The Bertz CT molecular complexity index is 1520. The lowest BCUT2D eigenvalue weighted by Crippen LogP contribution is -2.64. The first-order valence-electron chi connectivity index (χ1n) is 24.3. The van der Waals surface area contributed by atoms with E-state index < -0.39 is 95.7 Å². The van der Waals surface area contributed by atoms with Gasteiger partial charge in [-0.25, -0.2) is 9.13 Å². The number of phosphoric ester groups is 2. The van der Waals surface area contributed by atoms with Gasteiger partial charge in [-0.2, -0.15) is 0 Å². The molecule has 67 heavy (non-hydrogen) atoms. The van der Waals surface area contributed by atoms with E-state index in [1.807, 2.05) is 12.2 Å². The van der Waals surface area contributed by atoms with Crippen LogP contribution in [0.25, 0.3) is 0 Å². The number of hydrogen-bond acceptors (Lipinski definition) is 15. The fraction of sp³-hybridized carbons (Fsp3) is 0.787. The van der Waals surface area contributed by atoms with Crippen molar-refractivity contribution in [2.45, 2.75) is 223 Å². The van der Waals surface area contributed by atoms with Crippen LogP contribution in [-0.4, -0.2) is 125 Å². The molecule has 0 aromatic carbocycles. The molecule has 7 unspecified atom stereocenters. The number of phosphoric acid groups is 2. The van der Waals surface area contributed by atoms with Crippen LogP contribution in [0.15, 0.2) is 48.6 Å². The van der Waals surface area contributed by atoms with Crippen LogP contribution < -0.4 is 0 Å². The molecule has 1 aliphatic rings. The van der Waals surface area contributed by atoms with Crippen molar-refractivity contribution in [3.8, 4) is 0 Å². The summed E-state index contributed by atoms with van der Waals surface area (Å²) in [4.78, 5) is 54.3. The molecule has 1 rings (SSSR count). The lowest BCUT2D eigenvalue weighted by atomic mass is 9.85. The van der Waals surface area contributed by atoms with Crippen molar-refractivity contribution < 1.29 is 87.1 Å².